The first-order valence-corrected chi connectivity index (χ1v) is 23.4. The van der Waals surface area contributed by atoms with Crippen LogP contribution in [0.3, 0.4) is 0 Å². The Bertz CT molecular complexity index is 775. The Balaban J connectivity index is 4.26. The molecule has 0 heterocycles. The van der Waals surface area contributed by atoms with E-state index in [1.165, 1.54) is 167 Å². The van der Waals surface area contributed by atoms with E-state index < -0.39 is 6.09 Å². The third-order valence-electron chi connectivity index (χ3n) is 10.9. The maximum Gasteiger partial charge on any atom is 0.407 e. The Morgan fingerprint density at radius 3 is 1.33 bits per heavy atom. The third kappa shape index (κ3) is 39.3. The van der Waals surface area contributed by atoms with E-state index in [1.807, 2.05) is 0 Å². The summed E-state index contributed by atoms with van der Waals surface area (Å²) in [5.41, 5.74) is -0.559. The van der Waals surface area contributed by atoms with Crippen molar-refractivity contribution < 1.29 is 28.5 Å². The van der Waals surface area contributed by atoms with Crippen LogP contribution in [-0.2, 0) is 23.7 Å². The number of unbranched alkanes of at least 4 members (excludes halogenated alkanes) is 26. The van der Waals surface area contributed by atoms with Gasteiger partial charge in [0, 0.05) is 26.9 Å². The molecule has 1 N–H and O–H groups in total. The molecule has 0 bridgehead atoms. The molecule has 0 saturated heterocycles. The van der Waals surface area contributed by atoms with E-state index in [9.17, 15) is 4.79 Å². The molecule has 1 atom stereocenters. The molecule has 0 aliphatic rings. The lowest BCUT2D eigenvalue weighted by molar-refractivity contribution is -0.0610. The number of alkyl carbamates (subject to hydrolysis) is 1. The van der Waals surface area contributed by atoms with Gasteiger partial charge < -0.3 is 29.0 Å². The highest BCUT2D eigenvalue weighted by Gasteiger charge is 2.22. The van der Waals surface area contributed by atoms with Gasteiger partial charge in [-0.1, -0.05) is 181 Å². The van der Waals surface area contributed by atoms with Crippen LogP contribution in [0, 0.1) is 0 Å². The van der Waals surface area contributed by atoms with Gasteiger partial charge in [0.1, 0.15) is 12.7 Å². The van der Waals surface area contributed by atoms with Crippen LogP contribution >= 0.6 is 0 Å². The summed E-state index contributed by atoms with van der Waals surface area (Å²) in [7, 11) is 1.73. The van der Waals surface area contributed by atoms with E-state index in [4.69, 9.17) is 23.7 Å². The minimum Gasteiger partial charge on any atom is -0.447 e. The molecule has 324 valence electrons. The van der Waals surface area contributed by atoms with Crippen molar-refractivity contribution in [2.45, 2.75) is 251 Å². The Kier molecular flexibility index (Phi) is 38.3. The molecule has 0 aromatic carbocycles. The predicted octanol–water partition coefficient (Wildman–Crippen LogP) is 14.1. The first-order chi connectivity index (χ1) is 26.2. The maximum absolute atomic E-state index is 12.6. The van der Waals surface area contributed by atoms with E-state index in [0.717, 1.165) is 25.9 Å². The van der Waals surface area contributed by atoms with Gasteiger partial charge in [-0.2, -0.15) is 0 Å². The van der Waals surface area contributed by atoms with Crippen molar-refractivity contribution in [3.05, 3.63) is 0 Å². The molecule has 7 heteroatoms. The lowest BCUT2D eigenvalue weighted by atomic mass is 10.0. The topological polar surface area (TPSA) is 75.3 Å². The van der Waals surface area contributed by atoms with Gasteiger partial charge in [0.05, 0.1) is 24.4 Å². The number of amides is 1. The van der Waals surface area contributed by atoms with Crippen molar-refractivity contribution in [1.82, 2.24) is 5.32 Å². The van der Waals surface area contributed by atoms with Crippen molar-refractivity contribution in [3.8, 4) is 0 Å². The number of carbonyl (C=O) groups is 1. The van der Waals surface area contributed by atoms with E-state index >= 15 is 0 Å². The Morgan fingerprint density at radius 1 is 0.500 bits per heavy atom. The molecule has 0 rings (SSSR count). The summed E-state index contributed by atoms with van der Waals surface area (Å²) in [6, 6.07) is 0. The summed E-state index contributed by atoms with van der Waals surface area (Å²) in [5.74, 6) is 0. The highest BCUT2D eigenvalue weighted by molar-refractivity contribution is 5.67. The summed E-state index contributed by atoms with van der Waals surface area (Å²) in [6.07, 6.45) is 38.5. The average molecular weight is 770 g/mol. The lowest BCUT2D eigenvalue weighted by Crippen LogP contribution is -2.36. The fraction of sp³-hybridized carbons (Fsp3) is 0.979. The fourth-order valence-electron chi connectivity index (χ4n) is 6.74. The molecule has 0 fully saturated rings. The number of nitrogens with one attached hydrogen (secondary N) is 1. The second-order valence-corrected chi connectivity index (χ2v) is 17.4. The first kappa shape index (κ1) is 53.1. The zero-order valence-electron chi connectivity index (χ0n) is 37.5. The summed E-state index contributed by atoms with van der Waals surface area (Å²) < 4.78 is 29.4. The third-order valence-corrected chi connectivity index (χ3v) is 10.9. The number of hydrogen-bond acceptors (Lipinski definition) is 6. The SMILES string of the molecule is CCCCCCCCCCCCCCCCOCC(COC(=O)NCCC(C)(C)OCCC(C)(C)OC)OCCCCCCCCCCCCCCCC. The zero-order valence-corrected chi connectivity index (χ0v) is 37.5. The largest absolute Gasteiger partial charge is 0.447 e. The number of hydrogen-bond donors (Lipinski definition) is 1. The van der Waals surface area contributed by atoms with Crippen LogP contribution in [0.1, 0.15) is 234 Å². The van der Waals surface area contributed by atoms with Crippen LogP contribution in [0.15, 0.2) is 0 Å². The van der Waals surface area contributed by atoms with Gasteiger partial charge in [-0.05, 0) is 53.4 Å². The van der Waals surface area contributed by atoms with Crippen LogP contribution < -0.4 is 5.32 Å². The predicted molar refractivity (Wildman–Crippen MR) is 231 cm³/mol. The molecular weight excluding hydrogens is 675 g/mol. The molecule has 0 aliphatic carbocycles. The highest BCUT2D eigenvalue weighted by atomic mass is 16.6. The fourth-order valence-corrected chi connectivity index (χ4v) is 6.74. The minimum absolute atomic E-state index is 0.204. The quantitative estimate of drug-likeness (QED) is 0.0623. The summed E-state index contributed by atoms with van der Waals surface area (Å²) in [5, 5.41) is 2.90. The number of carbonyl (C=O) groups excluding carboxylic acids is 1. The van der Waals surface area contributed by atoms with E-state index in [2.05, 4.69) is 46.9 Å². The van der Waals surface area contributed by atoms with Crippen LogP contribution in [0.4, 0.5) is 4.79 Å². The summed E-state index contributed by atoms with van der Waals surface area (Å²) in [6.45, 7) is 16.0. The molecule has 0 aliphatic heterocycles. The Hall–Kier alpha value is -0.890. The lowest BCUT2D eigenvalue weighted by Gasteiger charge is -2.29. The van der Waals surface area contributed by atoms with Crippen LogP contribution in [0.25, 0.3) is 0 Å². The summed E-state index contributed by atoms with van der Waals surface area (Å²) >= 11 is 0. The Labute approximate surface area is 337 Å². The number of ether oxygens (including phenoxy) is 5. The smallest absolute Gasteiger partial charge is 0.407 e. The molecular formula is C47H95NO6. The van der Waals surface area contributed by atoms with Crippen LogP contribution in [0.5, 0.6) is 0 Å². The molecule has 7 nitrogen and oxygen atoms in total. The van der Waals surface area contributed by atoms with E-state index in [1.54, 1.807) is 7.11 Å². The first-order valence-electron chi connectivity index (χ1n) is 23.4. The maximum atomic E-state index is 12.6. The standard InChI is InChI=1S/C47H95NO6/c1-8-10-12-14-16-18-20-22-24-26-28-30-32-34-39-51-42-44(52-40-35-33-31-29-27-25-23-21-19-17-15-13-11-9-2)43-53-45(49)48-38-36-47(5,6)54-41-37-46(3,4)50-7/h44H,8-43H2,1-7H3,(H,48,49). The van der Waals surface area contributed by atoms with Crippen molar-refractivity contribution in [3.63, 3.8) is 0 Å². The van der Waals surface area contributed by atoms with Gasteiger partial charge in [0.15, 0.2) is 0 Å². The normalized spacial score (nSPS) is 12.7. The zero-order chi connectivity index (χ0) is 39.9. The molecule has 1 amide bonds. The molecule has 54 heavy (non-hydrogen) atoms. The summed E-state index contributed by atoms with van der Waals surface area (Å²) in [4.78, 5) is 12.6. The monoisotopic (exact) mass is 770 g/mol. The molecule has 0 aromatic heterocycles. The second-order valence-electron chi connectivity index (χ2n) is 17.4. The van der Waals surface area contributed by atoms with Crippen molar-refractivity contribution in [2.75, 3.05) is 46.7 Å². The van der Waals surface area contributed by atoms with Gasteiger partial charge in [-0.25, -0.2) is 4.79 Å². The average Bonchev–Trinajstić information content (AvgIpc) is 3.14. The van der Waals surface area contributed by atoms with Crippen LogP contribution in [0.2, 0.25) is 0 Å². The van der Waals surface area contributed by atoms with E-state index in [0.29, 0.717) is 32.8 Å². The molecule has 0 radical (unpaired) electrons. The van der Waals surface area contributed by atoms with Crippen molar-refractivity contribution >= 4 is 6.09 Å². The molecule has 0 spiro atoms. The molecule has 1 unspecified atom stereocenters. The van der Waals surface area contributed by atoms with Gasteiger partial charge in [0.25, 0.3) is 0 Å². The van der Waals surface area contributed by atoms with Crippen molar-refractivity contribution in [2.24, 2.45) is 0 Å². The van der Waals surface area contributed by atoms with Gasteiger partial charge >= 0.3 is 6.09 Å². The Morgan fingerprint density at radius 2 is 0.907 bits per heavy atom. The minimum atomic E-state index is -0.414. The van der Waals surface area contributed by atoms with Gasteiger partial charge in [-0.3, -0.25) is 0 Å². The van der Waals surface area contributed by atoms with Gasteiger partial charge in [-0.15, -0.1) is 0 Å². The molecule has 0 aromatic rings. The number of methoxy groups -OCH3 is 1. The van der Waals surface area contributed by atoms with Crippen molar-refractivity contribution in [1.29, 1.82) is 0 Å². The molecule has 0 saturated carbocycles. The highest BCUT2D eigenvalue weighted by Crippen LogP contribution is 2.19. The van der Waals surface area contributed by atoms with E-state index in [-0.39, 0.29) is 23.9 Å². The second kappa shape index (κ2) is 39.0. The number of rotatable bonds is 43. The van der Waals surface area contributed by atoms with Crippen LogP contribution in [-0.4, -0.2) is 70.1 Å². The van der Waals surface area contributed by atoms with Gasteiger partial charge in [0.2, 0.25) is 0 Å².